The number of benzene rings is 1. The predicted molar refractivity (Wildman–Crippen MR) is 101 cm³/mol. The lowest BCUT2D eigenvalue weighted by molar-refractivity contribution is -0.0135. The Morgan fingerprint density at radius 1 is 1.08 bits per heavy atom. The number of urea groups is 1. The van der Waals surface area contributed by atoms with Crippen LogP contribution in [0, 0.1) is 17.8 Å². The maximum absolute atomic E-state index is 12.3. The number of amides is 2. The first kappa shape index (κ1) is 16.6. The number of hydrogen-bond acceptors (Lipinski definition) is 2. The van der Waals surface area contributed by atoms with Crippen LogP contribution in [0.4, 0.5) is 4.79 Å². The van der Waals surface area contributed by atoms with Gasteiger partial charge in [-0.1, -0.05) is 38.1 Å². The zero-order valence-corrected chi connectivity index (χ0v) is 15.3. The van der Waals surface area contributed by atoms with Crippen LogP contribution in [0.3, 0.4) is 0 Å². The van der Waals surface area contributed by atoms with Crippen molar-refractivity contribution < 1.29 is 4.79 Å². The SMILES string of the molecule is CC(C)c1ccc(/C=N\NC(=O)NC23CC4CC(CC(C4)C2)C3)cc1. The van der Waals surface area contributed by atoms with Crippen LogP contribution in [-0.2, 0) is 0 Å². The Bertz CT molecular complexity index is 627. The van der Waals surface area contributed by atoms with Crippen molar-refractivity contribution in [1.29, 1.82) is 0 Å². The molecule has 1 aromatic carbocycles. The standard InChI is InChI=1S/C21H29N3O/c1-14(2)19-5-3-15(4-6-19)13-22-24-20(25)23-21-10-16-7-17(11-21)9-18(8-16)12-21/h3-6,13-14,16-18H,7-12H2,1-2H3,(H2,23,24,25)/b22-13-. The van der Waals surface area contributed by atoms with E-state index in [1.165, 1.54) is 24.8 Å². The summed E-state index contributed by atoms with van der Waals surface area (Å²) < 4.78 is 0. The number of carbonyl (C=O) groups is 1. The van der Waals surface area contributed by atoms with Crippen LogP contribution < -0.4 is 10.7 Å². The van der Waals surface area contributed by atoms with E-state index in [0.29, 0.717) is 5.92 Å². The molecule has 0 spiro atoms. The Morgan fingerprint density at radius 3 is 2.16 bits per heavy atom. The van der Waals surface area contributed by atoms with Crippen molar-refractivity contribution in [3.05, 3.63) is 35.4 Å². The molecule has 5 rings (SSSR count). The molecule has 4 nitrogen and oxygen atoms in total. The first-order chi connectivity index (χ1) is 12.0. The third-order valence-electron chi connectivity index (χ3n) is 6.40. The molecule has 0 saturated heterocycles. The molecule has 0 radical (unpaired) electrons. The maximum atomic E-state index is 12.3. The predicted octanol–water partition coefficient (Wildman–Crippen LogP) is 4.41. The van der Waals surface area contributed by atoms with Crippen molar-refractivity contribution in [2.24, 2.45) is 22.9 Å². The zero-order chi connectivity index (χ0) is 17.4. The number of nitrogens with one attached hydrogen (secondary N) is 2. The molecule has 4 saturated carbocycles. The van der Waals surface area contributed by atoms with E-state index in [0.717, 1.165) is 42.6 Å². The highest BCUT2D eigenvalue weighted by Gasteiger charge is 2.51. The number of carbonyl (C=O) groups excluding carboxylic acids is 1. The van der Waals surface area contributed by atoms with Crippen molar-refractivity contribution in [1.82, 2.24) is 10.7 Å². The van der Waals surface area contributed by atoms with Gasteiger partial charge in [0.1, 0.15) is 0 Å². The van der Waals surface area contributed by atoms with Crippen LogP contribution in [0.5, 0.6) is 0 Å². The topological polar surface area (TPSA) is 53.5 Å². The highest BCUT2D eigenvalue weighted by atomic mass is 16.2. The van der Waals surface area contributed by atoms with Crippen LogP contribution >= 0.6 is 0 Å². The molecule has 0 aliphatic heterocycles. The minimum atomic E-state index is -0.156. The van der Waals surface area contributed by atoms with E-state index in [1.807, 2.05) is 12.1 Å². The van der Waals surface area contributed by atoms with Gasteiger partial charge in [-0.2, -0.15) is 5.10 Å². The van der Waals surface area contributed by atoms with Gasteiger partial charge in [0.25, 0.3) is 0 Å². The Balaban J connectivity index is 1.32. The molecular weight excluding hydrogens is 310 g/mol. The Hall–Kier alpha value is -1.84. The van der Waals surface area contributed by atoms with E-state index < -0.39 is 0 Å². The van der Waals surface area contributed by atoms with Crippen LogP contribution in [0.1, 0.15) is 69.4 Å². The maximum Gasteiger partial charge on any atom is 0.335 e. The van der Waals surface area contributed by atoms with Gasteiger partial charge < -0.3 is 5.32 Å². The summed E-state index contributed by atoms with van der Waals surface area (Å²) in [7, 11) is 0. The number of rotatable bonds is 4. The summed E-state index contributed by atoms with van der Waals surface area (Å²) in [5.41, 5.74) is 5.01. The minimum Gasteiger partial charge on any atom is -0.331 e. The van der Waals surface area contributed by atoms with E-state index in [9.17, 15) is 4.79 Å². The largest absolute Gasteiger partial charge is 0.335 e. The summed E-state index contributed by atoms with van der Waals surface area (Å²) in [5.74, 6) is 3.01. The molecule has 4 aliphatic carbocycles. The lowest BCUT2D eigenvalue weighted by Crippen LogP contribution is -2.61. The van der Waals surface area contributed by atoms with Crippen molar-refractivity contribution in [2.75, 3.05) is 0 Å². The Labute approximate surface area is 150 Å². The van der Waals surface area contributed by atoms with Gasteiger partial charge in [0.2, 0.25) is 0 Å². The molecule has 4 bridgehead atoms. The van der Waals surface area contributed by atoms with Gasteiger partial charge in [-0.25, -0.2) is 10.2 Å². The fourth-order valence-electron chi connectivity index (χ4n) is 5.66. The van der Waals surface area contributed by atoms with Crippen LogP contribution in [0.15, 0.2) is 29.4 Å². The number of hydrogen-bond donors (Lipinski definition) is 2. The lowest BCUT2D eigenvalue weighted by atomic mass is 9.53. The quantitative estimate of drug-likeness (QED) is 0.619. The molecule has 25 heavy (non-hydrogen) atoms. The highest BCUT2D eigenvalue weighted by Crippen LogP contribution is 2.55. The van der Waals surface area contributed by atoms with Gasteiger partial charge >= 0.3 is 6.03 Å². The average molecular weight is 339 g/mol. The first-order valence-electron chi connectivity index (χ1n) is 9.72. The Kier molecular flexibility index (Phi) is 4.30. The Morgan fingerprint density at radius 2 is 1.64 bits per heavy atom. The average Bonchev–Trinajstić information content (AvgIpc) is 2.53. The highest BCUT2D eigenvalue weighted by molar-refractivity contribution is 5.82. The smallest absolute Gasteiger partial charge is 0.331 e. The molecule has 0 atom stereocenters. The number of nitrogens with zero attached hydrogens (tertiary/aromatic N) is 1. The molecule has 4 heteroatoms. The molecule has 1 aromatic rings. The lowest BCUT2D eigenvalue weighted by Gasteiger charge is -2.56. The summed E-state index contributed by atoms with van der Waals surface area (Å²) in [4.78, 5) is 12.3. The second-order valence-corrected chi connectivity index (χ2v) is 8.84. The van der Waals surface area contributed by atoms with E-state index >= 15 is 0 Å². The van der Waals surface area contributed by atoms with Gasteiger partial charge in [0, 0.05) is 5.54 Å². The molecule has 0 heterocycles. The van der Waals surface area contributed by atoms with E-state index in [-0.39, 0.29) is 11.6 Å². The van der Waals surface area contributed by atoms with E-state index in [2.05, 4.69) is 41.8 Å². The first-order valence-corrected chi connectivity index (χ1v) is 9.72. The molecule has 4 fully saturated rings. The molecule has 134 valence electrons. The monoisotopic (exact) mass is 339 g/mol. The third kappa shape index (κ3) is 3.58. The van der Waals surface area contributed by atoms with Crippen molar-refractivity contribution in [2.45, 2.75) is 63.8 Å². The van der Waals surface area contributed by atoms with Gasteiger partial charge in [-0.05, 0) is 73.3 Å². The normalized spacial score (nSPS) is 33.2. The van der Waals surface area contributed by atoms with Crippen molar-refractivity contribution in [3.8, 4) is 0 Å². The summed E-state index contributed by atoms with van der Waals surface area (Å²) in [6.07, 6.45) is 9.34. The van der Waals surface area contributed by atoms with Crippen LogP contribution in [-0.4, -0.2) is 17.8 Å². The molecule has 0 unspecified atom stereocenters. The third-order valence-corrected chi connectivity index (χ3v) is 6.40. The summed E-state index contributed by atoms with van der Waals surface area (Å²) >= 11 is 0. The minimum absolute atomic E-state index is 0.0350. The van der Waals surface area contributed by atoms with Crippen LogP contribution in [0.2, 0.25) is 0 Å². The molecule has 2 N–H and O–H groups in total. The second kappa shape index (κ2) is 6.47. The summed E-state index contributed by atoms with van der Waals surface area (Å²) in [5, 5.41) is 7.40. The van der Waals surface area contributed by atoms with Gasteiger partial charge in [-0.3, -0.25) is 0 Å². The molecule has 0 aromatic heterocycles. The second-order valence-electron chi connectivity index (χ2n) is 8.84. The van der Waals surface area contributed by atoms with Crippen molar-refractivity contribution in [3.63, 3.8) is 0 Å². The number of hydrazone groups is 1. The van der Waals surface area contributed by atoms with Gasteiger partial charge in [-0.15, -0.1) is 0 Å². The van der Waals surface area contributed by atoms with Crippen molar-refractivity contribution >= 4 is 12.2 Å². The summed E-state index contributed by atoms with van der Waals surface area (Å²) in [6.45, 7) is 4.36. The van der Waals surface area contributed by atoms with Crippen LogP contribution in [0.25, 0.3) is 0 Å². The van der Waals surface area contributed by atoms with Gasteiger partial charge in [0.15, 0.2) is 0 Å². The zero-order valence-electron chi connectivity index (χ0n) is 15.3. The fourth-order valence-corrected chi connectivity index (χ4v) is 5.66. The summed E-state index contributed by atoms with van der Waals surface area (Å²) in [6, 6.07) is 8.15. The van der Waals surface area contributed by atoms with Gasteiger partial charge in [0.05, 0.1) is 6.21 Å². The van der Waals surface area contributed by atoms with E-state index in [1.54, 1.807) is 6.21 Å². The fraction of sp³-hybridized carbons (Fsp3) is 0.619. The van der Waals surface area contributed by atoms with E-state index in [4.69, 9.17) is 0 Å². The molecule has 2 amide bonds. The molecule has 4 aliphatic rings. The molecular formula is C21H29N3O.